The maximum Gasteiger partial charge on any atom is 0.223 e. The van der Waals surface area contributed by atoms with E-state index in [1.165, 1.54) is 19.1 Å². The molecule has 0 spiro atoms. The fourth-order valence-electron chi connectivity index (χ4n) is 5.42. The molecule has 4 atom stereocenters. The third-order valence-electron chi connectivity index (χ3n) is 6.53. The molecule has 0 aromatic heterocycles. The standard InChI is InChI=1S/C21H27ClFN3O2/c1-13(27)24-9-20-16-7-15(19-3-2-4-21(28)26(19)20)11-25(12-16)10-14-8-17(23)5-6-18(14)22/h5-6,8,15-16,19-20H,2-4,7,9-12H2,1H3,(H,24,27)/t15-,16+,19+,20+/m1/s1. The topological polar surface area (TPSA) is 52.7 Å². The normalized spacial score (nSPS) is 30.1. The van der Waals surface area contributed by atoms with Crippen LogP contribution in [-0.4, -0.2) is 53.3 Å². The number of rotatable bonds is 4. The van der Waals surface area contributed by atoms with Crippen molar-refractivity contribution >= 4 is 23.4 Å². The van der Waals surface area contributed by atoms with E-state index in [1.54, 1.807) is 6.07 Å². The van der Waals surface area contributed by atoms with Crippen LogP contribution in [0.15, 0.2) is 18.2 Å². The molecule has 0 saturated carbocycles. The van der Waals surface area contributed by atoms with E-state index in [0.29, 0.717) is 36.4 Å². The minimum Gasteiger partial charge on any atom is -0.354 e. The third-order valence-corrected chi connectivity index (χ3v) is 6.90. The molecule has 2 amide bonds. The number of carbonyl (C=O) groups is 2. The van der Waals surface area contributed by atoms with Crippen LogP contribution in [0.5, 0.6) is 0 Å². The van der Waals surface area contributed by atoms with Gasteiger partial charge in [0.25, 0.3) is 0 Å². The Morgan fingerprint density at radius 3 is 2.89 bits per heavy atom. The van der Waals surface area contributed by atoms with Crippen LogP contribution in [0.2, 0.25) is 5.02 Å². The summed E-state index contributed by atoms with van der Waals surface area (Å²) in [5.41, 5.74) is 0.802. The van der Waals surface area contributed by atoms with Crippen LogP contribution in [0.1, 0.15) is 38.2 Å². The summed E-state index contributed by atoms with van der Waals surface area (Å²) in [5.74, 6) is 0.606. The van der Waals surface area contributed by atoms with Crippen molar-refractivity contribution in [1.29, 1.82) is 0 Å². The third kappa shape index (κ3) is 3.90. The molecular weight excluding hydrogens is 381 g/mol. The first-order valence-electron chi connectivity index (χ1n) is 10.1. The number of nitrogens with zero attached hydrogens (tertiary/aromatic N) is 2. The Morgan fingerprint density at radius 2 is 2.11 bits per heavy atom. The summed E-state index contributed by atoms with van der Waals surface area (Å²) in [6, 6.07) is 4.77. The van der Waals surface area contributed by atoms with Gasteiger partial charge in [-0.3, -0.25) is 14.5 Å². The Labute approximate surface area is 170 Å². The zero-order valence-corrected chi connectivity index (χ0v) is 16.9. The van der Waals surface area contributed by atoms with Crippen molar-refractivity contribution in [2.24, 2.45) is 11.8 Å². The first-order valence-corrected chi connectivity index (χ1v) is 10.5. The van der Waals surface area contributed by atoms with Gasteiger partial charge >= 0.3 is 0 Å². The van der Waals surface area contributed by atoms with Gasteiger partial charge in [0.15, 0.2) is 0 Å². The van der Waals surface area contributed by atoms with Gasteiger partial charge in [-0.25, -0.2) is 4.39 Å². The lowest BCUT2D eigenvalue weighted by Crippen LogP contribution is -2.66. The minimum atomic E-state index is -0.274. The van der Waals surface area contributed by atoms with Crippen LogP contribution in [0.3, 0.4) is 0 Å². The van der Waals surface area contributed by atoms with Crippen molar-refractivity contribution in [3.63, 3.8) is 0 Å². The van der Waals surface area contributed by atoms with E-state index in [-0.39, 0.29) is 29.7 Å². The summed E-state index contributed by atoms with van der Waals surface area (Å²) in [6.07, 6.45) is 3.64. The number of hydrogen-bond donors (Lipinski definition) is 1. The van der Waals surface area contributed by atoms with Gasteiger partial charge in [-0.1, -0.05) is 11.6 Å². The lowest BCUT2D eigenvalue weighted by molar-refractivity contribution is -0.153. The quantitative estimate of drug-likeness (QED) is 0.835. The molecule has 0 radical (unpaired) electrons. The van der Waals surface area contributed by atoms with Crippen molar-refractivity contribution in [3.05, 3.63) is 34.6 Å². The van der Waals surface area contributed by atoms with Gasteiger partial charge in [0.2, 0.25) is 11.8 Å². The van der Waals surface area contributed by atoms with Crippen LogP contribution in [-0.2, 0) is 16.1 Å². The van der Waals surface area contributed by atoms with Crippen molar-refractivity contribution in [2.75, 3.05) is 19.6 Å². The number of fused-ring (bicyclic) bond motifs is 4. The highest BCUT2D eigenvalue weighted by Gasteiger charge is 2.49. The van der Waals surface area contributed by atoms with Crippen molar-refractivity contribution < 1.29 is 14.0 Å². The fraction of sp³-hybridized carbons (Fsp3) is 0.619. The highest BCUT2D eigenvalue weighted by molar-refractivity contribution is 6.31. The summed E-state index contributed by atoms with van der Waals surface area (Å²) in [5, 5.41) is 3.52. The Hall–Kier alpha value is -1.66. The molecule has 3 aliphatic rings. The predicted molar refractivity (Wildman–Crippen MR) is 105 cm³/mol. The summed E-state index contributed by atoms with van der Waals surface area (Å²) in [7, 11) is 0. The molecule has 1 aromatic rings. The summed E-state index contributed by atoms with van der Waals surface area (Å²) < 4.78 is 13.7. The van der Waals surface area contributed by atoms with Crippen LogP contribution >= 0.6 is 11.6 Å². The highest BCUT2D eigenvalue weighted by atomic mass is 35.5. The minimum absolute atomic E-state index is 0.0312. The molecule has 5 nitrogen and oxygen atoms in total. The van der Waals surface area contributed by atoms with Gasteiger partial charge in [0, 0.05) is 50.6 Å². The van der Waals surface area contributed by atoms with Gasteiger partial charge in [-0.05, 0) is 54.9 Å². The molecule has 2 bridgehead atoms. The van der Waals surface area contributed by atoms with Crippen LogP contribution < -0.4 is 5.32 Å². The van der Waals surface area contributed by atoms with Crippen molar-refractivity contribution in [3.8, 4) is 0 Å². The smallest absolute Gasteiger partial charge is 0.223 e. The summed E-state index contributed by atoms with van der Waals surface area (Å²) >= 11 is 6.29. The molecule has 28 heavy (non-hydrogen) atoms. The molecular formula is C21H27ClFN3O2. The van der Waals surface area contributed by atoms with Gasteiger partial charge in [-0.2, -0.15) is 0 Å². The van der Waals surface area contributed by atoms with E-state index in [1.807, 2.05) is 0 Å². The number of nitrogens with one attached hydrogen (secondary N) is 1. The van der Waals surface area contributed by atoms with E-state index in [0.717, 1.165) is 37.9 Å². The van der Waals surface area contributed by atoms with Gasteiger partial charge < -0.3 is 10.2 Å². The molecule has 4 rings (SSSR count). The second-order valence-corrected chi connectivity index (χ2v) is 8.86. The summed E-state index contributed by atoms with van der Waals surface area (Å²) in [4.78, 5) is 28.6. The average molecular weight is 408 g/mol. The highest BCUT2D eigenvalue weighted by Crippen LogP contribution is 2.42. The second-order valence-electron chi connectivity index (χ2n) is 8.45. The Bertz CT molecular complexity index is 774. The van der Waals surface area contributed by atoms with Gasteiger partial charge in [0.05, 0.1) is 6.04 Å². The SMILES string of the molecule is CC(=O)NC[C@H]1[C@H]2C[C@H](CN(Cc3cc(F)ccc3Cl)C2)[C@@H]2CCCC(=O)N21. The zero-order valence-electron chi connectivity index (χ0n) is 16.2. The number of halogens is 2. The molecule has 1 N–H and O–H groups in total. The molecule has 3 heterocycles. The molecule has 3 fully saturated rings. The molecule has 7 heteroatoms. The molecule has 0 unspecified atom stereocenters. The van der Waals surface area contributed by atoms with E-state index in [9.17, 15) is 14.0 Å². The zero-order chi connectivity index (χ0) is 19.8. The second kappa shape index (κ2) is 7.99. The van der Waals surface area contributed by atoms with E-state index in [2.05, 4.69) is 15.1 Å². The Balaban J connectivity index is 1.55. The number of benzene rings is 1. The van der Waals surface area contributed by atoms with Crippen molar-refractivity contribution in [2.45, 2.75) is 51.2 Å². The largest absolute Gasteiger partial charge is 0.354 e. The Morgan fingerprint density at radius 1 is 1.32 bits per heavy atom. The van der Waals surface area contributed by atoms with Crippen LogP contribution in [0.25, 0.3) is 0 Å². The summed E-state index contributed by atoms with van der Waals surface area (Å²) in [6.45, 7) is 4.34. The fourth-order valence-corrected chi connectivity index (χ4v) is 5.59. The number of likely N-dealkylation sites (tertiary alicyclic amines) is 1. The molecule has 3 saturated heterocycles. The molecule has 1 aromatic carbocycles. The first kappa shape index (κ1) is 19.6. The predicted octanol–water partition coefficient (Wildman–Crippen LogP) is 2.82. The monoisotopic (exact) mass is 407 g/mol. The van der Waals surface area contributed by atoms with Gasteiger partial charge in [0.1, 0.15) is 5.82 Å². The number of hydrogen-bond acceptors (Lipinski definition) is 3. The Kier molecular flexibility index (Phi) is 5.61. The van der Waals surface area contributed by atoms with Crippen molar-refractivity contribution in [1.82, 2.24) is 15.1 Å². The van der Waals surface area contributed by atoms with E-state index < -0.39 is 0 Å². The maximum atomic E-state index is 13.7. The van der Waals surface area contributed by atoms with Gasteiger partial charge in [-0.15, -0.1) is 0 Å². The molecule has 3 aliphatic heterocycles. The number of amides is 2. The number of carbonyl (C=O) groups excluding carboxylic acids is 2. The van der Waals surface area contributed by atoms with Crippen LogP contribution in [0, 0.1) is 17.7 Å². The molecule has 152 valence electrons. The molecule has 0 aliphatic carbocycles. The average Bonchev–Trinajstić information content (AvgIpc) is 2.65. The maximum absolute atomic E-state index is 13.7. The lowest BCUT2D eigenvalue weighted by Gasteiger charge is -2.56. The van der Waals surface area contributed by atoms with E-state index in [4.69, 9.17) is 11.6 Å². The van der Waals surface area contributed by atoms with E-state index >= 15 is 0 Å². The number of piperidine rings is 3. The van der Waals surface area contributed by atoms with Crippen LogP contribution in [0.4, 0.5) is 4.39 Å². The lowest BCUT2D eigenvalue weighted by atomic mass is 9.72. The first-order chi connectivity index (χ1) is 13.4.